The van der Waals surface area contributed by atoms with Crippen LogP contribution in [0.2, 0.25) is 0 Å². The number of hydrogen-bond acceptors (Lipinski definition) is 2. The molecular weight excluding hydrogens is 112 g/mol. The highest BCUT2D eigenvalue weighted by Crippen LogP contribution is 1.85. The second-order valence-electron chi connectivity index (χ2n) is 1.42. The first-order valence-electron chi connectivity index (χ1n) is 2.63. The summed E-state index contributed by atoms with van der Waals surface area (Å²) in [6.07, 6.45) is 3.40. The molecule has 1 heterocycles. The third-order valence-electron chi connectivity index (χ3n) is 0.732. The van der Waals surface area contributed by atoms with Crippen molar-refractivity contribution in [2.24, 2.45) is 0 Å². The van der Waals surface area contributed by atoms with Crippen LogP contribution in [0, 0.1) is 6.92 Å². The van der Waals surface area contributed by atoms with Crippen LogP contribution in [0.25, 0.3) is 0 Å². The molecule has 0 saturated heterocycles. The van der Waals surface area contributed by atoms with Gasteiger partial charge in [-0.3, -0.25) is 0 Å². The van der Waals surface area contributed by atoms with Crippen molar-refractivity contribution in [3.8, 4) is 0 Å². The van der Waals surface area contributed by atoms with Gasteiger partial charge < -0.3 is 0 Å². The average molecular weight is 122 g/mol. The van der Waals surface area contributed by atoms with Gasteiger partial charge in [-0.2, -0.15) is 10.2 Å². The molecule has 0 unspecified atom stereocenters. The zero-order valence-electron chi connectivity index (χ0n) is 5.54. The van der Waals surface area contributed by atoms with Crippen molar-refractivity contribution in [2.45, 2.75) is 6.92 Å². The molecule has 2 heteroatoms. The molecule has 0 aliphatic rings. The fraction of sp³-hybridized carbons (Fsp3) is 0.143. The van der Waals surface area contributed by atoms with Crippen molar-refractivity contribution in [1.82, 2.24) is 10.2 Å². The lowest BCUT2D eigenvalue weighted by Crippen LogP contribution is -1.76. The van der Waals surface area contributed by atoms with Crippen molar-refractivity contribution in [2.75, 3.05) is 0 Å². The fourth-order valence-electron chi connectivity index (χ4n) is 0.357. The Kier molecular flexibility index (Phi) is 4.32. The van der Waals surface area contributed by atoms with E-state index in [1.165, 1.54) is 0 Å². The van der Waals surface area contributed by atoms with Gasteiger partial charge in [0.15, 0.2) is 0 Å². The van der Waals surface area contributed by atoms with Gasteiger partial charge in [0.1, 0.15) is 0 Å². The molecule has 48 valence electrons. The predicted octanol–water partition coefficient (Wildman–Crippen LogP) is 1.59. The summed E-state index contributed by atoms with van der Waals surface area (Å²) in [5.41, 5.74) is 1.15. The largest absolute Gasteiger partial charge is 0.159 e. The Morgan fingerprint density at radius 3 is 2.22 bits per heavy atom. The van der Waals surface area contributed by atoms with Crippen molar-refractivity contribution in [3.05, 3.63) is 37.2 Å². The summed E-state index contributed by atoms with van der Waals surface area (Å²) in [4.78, 5) is 0. The average Bonchev–Trinajstić information content (AvgIpc) is 1.94. The molecule has 0 aliphatic carbocycles. The number of nitrogens with zero attached hydrogens (tertiary/aromatic N) is 2. The number of hydrogen-bond donors (Lipinski definition) is 0. The lowest BCUT2D eigenvalue weighted by molar-refractivity contribution is 1.01. The first-order chi connectivity index (χ1) is 4.39. The molecule has 9 heavy (non-hydrogen) atoms. The summed E-state index contributed by atoms with van der Waals surface area (Å²) in [6.45, 7) is 7.98. The summed E-state index contributed by atoms with van der Waals surface area (Å²) in [7, 11) is 0. The van der Waals surface area contributed by atoms with E-state index in [1.807, 2.05) is 13.0 Å². The minimum Gasteiger partial charge on any atom is -0.159 e. The zero-order chi connectivity index (χ0) is 7.11. The quantitative estimate of drug-likeness (QED) is 0.488. The maximum absolute atomic E-state index is 3.63. The Hall–Kier alpha value is -1.18. The van der Waals surface area contributed by atoms with Crippen LogP contribution in [-0.4, -0.2) is 10.2 Å². The smallest absolute Gasteiger partial charge is 0.0525 e. The molecule has 0 saturated carbocycles. The Labute approximate surface area is 55.3 Å². The second kappa shape index (κ2) is 4.97. The van der Waals surface area contributed by atoms with Gasteiger partial charge in [-0.15, -0.1) is 13.2 Å². The SMILES string of the molecule is C=C.Cc1ccnnc1. The van der Waals surface area contributed by atoms with E-state index in [9.17, 15) is 0 Å². The predicted molar refractivity (Wildman–Crippen MR) is 38.0 cm³/mol. The summed E-state index contributed by atoms with van der Waals surface area (Å²) in [5, 5.41) is 7.23. The third kappa shape index (κ3) is 3.41. The highest BCUT2D eigenvalue weighted by molar-refractivity contribution is 5.00. The van der Waals surface area contributed by atoms with Gasteiger partial charge in [-0.05, 0) is 18.6 Å². The van der Waals surface area contributed by atoms with E-state index in [1.54, 1.807) is 12.4 Å². The van der Waals surface area contributed by atoms with E-state index >= 15 is 0 Å². The first-order valence-corrected chi connectivity index (χ1v) is 2.63. The molecule has 1 aromatic heterocycles. The van der Waals surface area contributed by atoms with E-state index in [0.717, 1.165) is 5.56 Å². The van der Waals surface area contributed by atoms with Gasteiger partial charge in [0.2, 0.25) is 0 Å². The molecule has 0 bridgehead atoms. The molecule has 0 radical (unpaired) electrons. The molecule has 0 fully saturated rings. The van der Waals surface area contributed by atoms with E-state index < -0.39 is 0 Å². The number of rotatable bonds is 0. The minimum atomic E-state index is 1.15. The van der Waals surface area contributed by atoms with Crippen molar-refractivity contribution in [1.29, 1.82) is 0 Å². The summed E-state index contributed by atoms with van der Waals surface area (Å²) in [5.74, 6) is 0. The maximum Gasteiger partial charge on any atom is 0.0525 e. The van der Waals surface area contributed by atoms with Crippen LogP contribution in [0.15, 0.2) is 31.6 Å². The van der Waals surface area contributed by atoms with Gasteiger partial charge in [0, 0.05) is 6.20 Å². The molecule has 0 atom stereocenters. The Morgan fingerprint density at radius 1 is 1.33 bits per heavy atom. The van der Waals surface area contributed by atoms with E-state index in [2.05, 4.69) is 23.4 Å². The second-order valence-corrected chi connectivity index (χ2v) is 1.42. The van der Waals surface area contributed by atoms with Crippen LogP contribution < -0.4 is 0 Å². The standard InChI is InChI=1S/C5H6N2.C2H4/c1-5-2-3-6-7-4-5;1-2/h2-4H,1H3;1-2H2. The van der Waals surface area contributed by atoms with Crippen LogP contribution in [0.3, 0.4) is 0 Å². The maximum atomic E-state index is 3.63. The van der Waals surface area contributed by atoms with E-state index in [-0.39, 0.29) is 0 Å². The summed E-state index contributed by atoms with van der Waals surface area (Å²) in [6, 6.07) is 1.91. The molecular formula is C7H10N2. The van der Waals surface area contributed by atoms with Crippen LogP contribution in [0.4, 0.5) is 0 Å². The van der Waals surface area contributed by atoms with Gasteiger partial charge in [-0.1, -0.05) is 0 Å². The number of aryl methyl sites for hydroxylation is 1. The highest BCUT2D eigenvalue weighted by atomic mass is 15.1. The lowest BCUT2D eigenvalue weighted by atomic mass is 10.4. The molecule has 1 aromatic rings. The van der Waals surface area contributed by atoms with Crippen LogP contribution in [-0.2, 0) is 0 Å². The fourth-order valence-corrected chi connectivity index (χ4v) is 0.357. The molecule has 1 rings (SSSR count). The van der Waals surface area contributed by atoms with Crippen molar-refractivity contribution < 1.29 is 0 Å². The minimum absolute atomic E-state index is 1.15. The van der Waals surface area contributed by atoms with Gasteiger partial charge in [0.05, 0.1) is 6.20 Å². The molecule has 0 aromatic carbocycles. The van der Waals surface area contributed by atoms with Crippen molar-refractivity contribution >= 4 is 0 Å². The highest BCUT2D eigenvalue weighted by Gasteiger charge is 1.74. The van der Waals surface area contributed by atoms with Gasteiger partial charge >= 0.3 is 0 Å². The molecule has 0 aliphatic heterocycles. The monoisotopic (exact) mass is 122 g/mol. The normalized spacial score (nSPS) is 7.22. The Morgan fingerprint density at radius 2 is 2.00 bits per heavy atom. The van der Waals surface area contributed by atoms with Crippen molar-refractivity contribution in [3.63, 3.8) is 0 Å². The Bertz CT molecular complexity index is 148. The zero-order valence-corrected chi connectivity index (χ0v) is 5.54. The van der Waals surface area contributed by atoms with E-state index in [0.29, 0.717) is 0 Å². The van der Waals surface area contributed by atoms with Crippen LogP contribution in [0.5, 0.6) is 0 Å². The molecule has 0 N–H and O–H groups in total. The van der Waals surface area contributed by atoms with Gasteiger partial charge in [-0.25, -0.2) is 0 Å². The molecule has 2 nitrogen and oxygen atoms in total. The van der Waals surface area contributed by atoms with Crippen LogP contribution in [0.1, 0.15) is 5.56 Å². The summed E-state index contributed by atoms with van der Waals surface area (Å²) < 4.78 is 0. The molecule has 0 amide bonds. The third-order valence-corrected chi connectivity index (χ3v) is 0.732. The molecule has 0 spiro atoms. The lowest BCUT2D eigenvalue weighted by Gasteiger charge is -1.80. The van der Waals surface area contributed by atoms with Gasteiger partial charge in [0.25, 0.3) is 0 Å². The number of aromatic nitrogens is 2. The first kappa shape index (κ1) is 7.82. The summed E-state index contributed by atoms with van der Waals surface area (Å²) >= 11 is 0. The van der Waals surface area contributed by atoms with E-state index in [4.69, 9.17) is 0 Å². The van der Waals surface area contributed by atoms with Crippen LogP contribution >= 0.6 is 0 Å². The topological polar surface area (TPSA) is 25.8 Å². The Balaban J connectivity index is 0.000000291.